The van der Waals surface area contributed by atoms with Crippen LogP contribution in [0.2, 0.25) is 0 Å². The van der Waals surface area contributed by atoms with Gasteiger partial charge in [-0.05, 0) is 56.7 Å². The van der Waals surface area contributed by atoms with E-state index in [0.717, 1.165) is 31.2 Å². The molecule has 0 aliphatic carbocycles. The van der Waals surface area contributed by atoms with Crippen molar-refractivity contribution in [2.45, 2.75) is 50.0 Å². The largest absolute Gasteiger partial charge is 0.455 e. The van der Waals surface area contributed by atoms with E-state index in [4.69, 9.17) is 4.42 Å². The number of furan rings is 1. The SMILES string of the molecule is Cc1oc(C(=O)N2CCCC2Cc2cccc(F)c2)cc1S(=O)(=O)N1CCCC1. The van der Waals surface area contributed by atoms with Crippen LogP contribution in [0.3, 0.4) is 0 Å². The highest BCUT2D eigenvalue weighted by Gasteiger charge is 2.35. The number of amides is 1. The average Bonchev–Trinajstić information content (AvgIpc) is 3.42. The Kier molecular flexibility index (Phi) is 5.48. The fourth-order valence-corrected chi connectivity index (χ4v) is 5.97. The number of carbonyl (C=O) groups excluding carboxylic acids is 1. The van der Waals surface area contributed by atoms with Crippen LogP contribution in [0, 0.1) is 12.7 Å². The molecule has 6 nitrogen and oxygen atoms in total. The highest BCUT2D eigenvalue weighted by molar-refractivity contribution is 7.89. The van der Waals surface area contributed by atoms with E-state index in [1.807, 2.05) is 6.07 Å². The number of sulfonamides is 1. The van der Waals surface area contributed by atoms with Crippen molar-refractivity contribution in [3.63, 3.8) is 0 Å². The van der Waals surface area contributed by atoms with Gasteiger partial charge in [-0.2, -0.15) is 4.31 Å². The molecule has 2 aromatic rings. The summed E-state index contributed by atoms with van der Waals surface area (Å²) in [6.45, 7) is 3.15. The van der Waals surface area contributed by atoms with E-state index in [2.05, 4.69) is 0 Å². The molecule has 1 aromatic heterocycles. The minimum atomic E-state index is -3.65. The van der Waals surface area contributed by atoms with Crippen LogP contribution in [0.5, 0.6) is 0 Å². The molecule has 0 radical (unpaired) electrons. The molecule has 3 heterocycles. The highest BCUT2D eigenvalue weighted by Crippen LogP contribution is 2.29. The number of aryl methyl sites for hydroxylation is 1. The van der Waals surface area contributed by atoms with E-state index >= 15 is 0 Å². The summed E-state index contributed by atoms with van der Waals surface area (Å²) >= 11 is 0. The first kappa shape index (κ1) is 20.1. The van der Waals surface area contributed by atoms with E-state index in [0.29, 0.717) is 26.1 Å². The molecular weight excluding hydrogens is 395 g/mol. The van der Waals surface area contributed by atoms with Gasteiger partial charge in [0.25, 0.3) is 5.91 Å². The van der Waals surface area contributed by atoms with Gasteiger partial charge in [0.05, 0.1) is 0 Å². The zero-order valence-corrected chi connectivity index (χ0v) is 17.3. The minimum Gasteiger partial charge on any atom is -0.455 e. The molecule has 156 valence electrons. The van der Waals surface area contributed by atoms with Crippen LogP contribution in [0.4, 0.5) is 4.39 Å². The van der Waals surface area contributed by atoms with Crippen LogP contribution in [0.15, 0.2) is 39.6 Å². The molecule has 2 saturated heterocycles. The smallest absolute Gasteiger partial charge is 0.289 e. The Morgan fingerprint density at radius 1 is 1.17 bits per heavy atom. The number of carbonyl (C=O) groups is 1. The summed E-state index contributed by atoms with van der Waals surface area (Å²) in [5.74, 6) is -0.320. The number of hydrogen-bond donors (Lipinski definition) is 0. The van der Waals surface area contributed by atoms with Gasteiger partial charge in [0, 0.05) is 31.7 Å². The van der Waals surface area contributed by atoms with Gasteiger partial charge in [-0.1, -0.05) is 12.1 Å². The third-order valence-corrected chi connectivity index (χ3v) is 7.77. The molecule has 1 atom stereocenters. The molecule has 1 unspecified atom stereocenters. The zero-order chi connectivity index (χ0) is 20.6. The van der Waals surface area contributed by atoms with Crippen molar-refractivity contribution in [1.29, 1.82) is 0 Å². The van der Waals surface area contributed by atoms with E-state index < -0.39 is 10.0 Å². The van der Waals surface area contributed by atoms with Crippen molar-refractivity contribution >= 4 is 15.9 Å². The number of benzene rings is 1. The number of halogens is 1. The summed E-state index contributed by atoms with van der Waals surface area (Å²) in [6.07, 6.45) is 3.92. The van der Waals surface area contributed by atoms with E-state index in [1.165, 1.54) is 22.5 Å². The van der Waals surface area contributed by atoms with Crippen molar-refractivity contribution in [3.05, 3.63) is 53.2 Å². The Hall–Kier alpha value is -2.19. The second-order valence-corrected chi connectivity index (χ2v) is 9.68. The molecule has 8 heteroatoms. The predicted octanol–water partition coefficient (Wildman–Crippen LogP) is 3.36. The normalized spacial score (nSPS) is 20.5. The van der Waals surface area contributed by atoms with Gasteiger partial charge in [0.2, 0.25) is 10.0 Å². The molecule has 2 aliphatic heterocycles. The van der Waals surface area contributed by atoms with Crippen LogP contribution >= 0.6 is 0 Å². The van der Waals surface area contributed by atoms with Crippen molar-refractivity contribution in [1.82, 2.24) is 9.21 Å². The van der Waals surface area contributed by atoms with Gasteiger partial charge in [-0.25, -0.2) is 12.8 Å². The molecule has 2 aliphatic rings. The molecule has 1 amide bonds. The fraction of sp³-hybridized carbons (Fsp3) is 0.476. The number of hydrogen-bond acceptors (Lipinski definition) is 4. The summed E-state index contributed by atoms with van der Waals surface area (Å²) in [5, 5.41) is 0. The summed E-state index contributed by atoms with van der Waals surface area (Å²) < 4.78 is 46.2. The van der Waals surface area contributed by atoms with Gasteiger partial charge in [-0.15, -0.1) is 0 Å². The van der Waals surface area contributed by atoms with Crippen LogP contribution in [-0.2, 0) is 16.4 Å². The van der Waals surface area contributed by atoms with E-state index in [9.17, 15) is 17.6 Å². The summed E-state index contributed by atoms with van der Waals surface area (Å²) in [5.41, 5.74) is 0.836. The fourth-order valence-electron chi connectivity index (χ4n) is 4.29. The molecular formula is C21H25FN2O4S. The third-order valence-electron chi connectivity index (χ3n) is 5.76. The highest BCUT2D eigenvalue weighted by atomic mass is 32.2. The van der Waals surface area contributed by atoms with Gasteiger partial charge in [0.15, 0.2) is 5.76 Å². The minimum absolute atomic E-state index is 0.0476. The Bertz CT molecular complexity index is 1010. The summed E-state index contributed by atoms with van der Waals surface area (Å²) in [7, 11) is -3.65. The molecule has 1 aromatic carbocycles. The van der Waals surface area contributed by atoms with Crippen molar-refractivity contribution in [3.8, 4) is 0 Å². The maximum absolute atomic E-state index is 13.5. The van der Waals surface area contributed by atoms with Crippen molar-refractivity contribution in [2.24, 2.45) is 0 Å². The predicted molar refractivity (Wildman–Crippen MR) is 106 cm³/mol. The first-order chi connectivity index (χ1) is 13.9. The van der Waals surface area contributed by atoms with Crippen LogP contribution in [0.25, 0.3) is 0 Å². The Morgan fingerprint density at radius 3 is 2.66 bits per heavy atom. The first-order valence-electron chi connectivity index (χ1n) is 10.0. The standard InChI is InChI=1S/C21H25FN2O4S/c1-15-20(29(26,27)23-9-2-3-10-23)14-19(28-15)21(25)24-11-5-8-18(24)13-16-6-4-7-17(22)12-16/h4,6-7,12,14,18H,2-3,5,8-11,13H2,1H3. The Labute approximate surface area is 170 Å². The lowest BCUT2D eigenvalue weighted by Gasteiger charge is -2.24. The van der Waals surface area contributed by atoms with Gasteiger partial charge >= 0.3 is 0 Å². The van der Waals surface area contributed by atoms with Gasteiger partial charge < -0.3 is 9.32 Å². The summed E-state index contributed by atoms with van der Waals surface area (Å²) in [6, 6.07) is 7.70. The van der Waals surface area contributed by atoms with Crippen molar-refractivity contribution in [2.75, 3.05) is 19.6 Å². The first-order valence-corrected chi connectivity index (χ1v) is 11.5. The maximum Gasteiger partial charge on any atom is 0.289 e. The van der Waals surface area contributed by atoms with Crippen LogP contribution < -0.4 is 0 Å². The topological polar surface area (TPSA) is 70.8 Å². The number of likely N-dealkylation sites (tertiary alicyclic amines) is 1. The van der Waals surface area contributed by atoms with Gasteiger partial charge in [0.1, 0.15) is 16.5 Å². The van der Waals surface area contributed by atoms with E-state index in [-0.39, 0.29) is 34.2 Å². The number of nitrogens with zero attached hydrogens (tertiary/aromatic N) is 2. The monoisotopic (exact) mass is 420 g/mol. The average molecular weight is 421 g/mol. The molecule has 4 rings (SSSR count). The Balaban J connectivity index is 1.54. The molecule has 0 saturated carbocycles. The quantitative estimate of drug-likeness (QED) is 0.744. The molecule has 0 N–H and O–H groups in total. The lowest BCUT2D eigenvalue weighted by molar-refractivity contribution is 0.0702. The molecule has 0 bridgehead atoms. The number of rotatable bonds is 5. The van der Waals surface area contributed by atoms with Crippen LogP contribution in [-0.4, -0.2) is 49.2 Å². The zero-order valence-electron chi connectivity index (χ0n) is 16.4. The third kappa shape index (κ3) is 3.96. The molecule has 2 fully saturated rings. The lowest BCUT2D eigenvalue weighted by atomic mass is 10.0. The van der Waals surface area contributed by atoms with Crippen molar-refractivity contribution < 1.29 is 22.0 Å². The van der Waals surface area contributed by atoms with E-state index in [1.54, 1.807) is 17.9 Å². The summed E-state index contributed by atoms with van der Waals surface area (Å²) in [4.78, 5) is 14.9. The lowest BCUT2D eigenvalue weighted by Crippen LogP contribution is -2.36. The second kappa shape index (κ2) is 7.91. The second-order valence-electron chi connectivity index (χ2n) is 7.77. The Morgan fingerprint density at radius 2 is 1.93 bits per heavy atom. The maximum atomic E-state index is 13.5. The van der Waals surface area contributed by atoms with Gasteiger partial charge in [-0.3, -0.25) is 4.79 Å². The van der Waals surface area contributed by atoms with Crippen LogP contribution in [0.1, 0.15) is 47.6 Å². The molecule has 29 heavy (non-hydrogen) atoms. The molecule has 0 spiro atoms.